The third kappa shape index (κ3) is 5.23. The van der Waals surface area contributed by atoms with Crippen molar-refractivity contribution in [1.29, 1.82) is 0 Å². The molecule has 0 saturated carbocycles. The molecule has 1 saturated heterocycles. The monoisotopic (exact) mass is 328 g/mol. The highest BCUT2D eigenvalue weighted by molar-refractivity contribution is 5.78. The molecule has 0 aromatic heterocycles. The molecule has 23 heavy (non-hydrogen) atoms. The summed E-state index contributed by atoms with van der Waals surface area (Å²) in [6, 6.07) is 5.27. The lowest BCUT2D eigenvalue weighted by molar-refractivity contribution is -0.137. The predicted octanol–water partition coefficient (Wildman–Crippen LogP) is 3.44. The molecule has 128 valence electrons. The third-order valence-electron chi connectivity index (χ3n) is 4.11. The Hall–Kier alpha value is -1.56. The fourth-order valence-corrected chi connectivity index (χ4v) is 2.86. The zero-order valence-electron chi connectivity index (χ0n) is 13.3. The van der Waals surface area contributed by atoms with E-state index in [1.54, 1.807) is 0 Å². The van der Waals surface area contributed by atoms with Gasteiger partial charge < -0.3 is 5.32 Å². The molecule has 0 spiro atoms. The molecule has 1 heterocycles. The molecule has 1 aliphatic heterocycles. The van der Waals surface area contributed by atoms with E-state index < -0.39 is 11.7 Å². The summed E-state index contributed by atoms with van der Waals surface area (Å²) in [6.07, 6.45) is -1.58. The number of rotatable bonds is 5. The minimum Gasteiger partial charge on any atom is -0.356 e. The number of halogens is 3. The number of amides is 1. The average Bonchev–Trinajstić information content (AvgIpc) is 2.52. The number of piperidine rings is 1. The SMILES string of the molecule is CCCNC(=O)[C@H]1CCCN(Cc2ccc(C(F)(F)F)cc2)C1. The van der Waals surface area contributed by atoms with Crippen molar-refractivity contribution >= 4 is 5.91 Å². The quantitative estimate of drug-likeness (QED) is 0.898. The minimum atomic E-state index is -4.30. The van der Waals surface area contributed by atoms with Crippen LogP contribution in [0.3, 0.4) is 0 Å². The van der Waals surface area contributed by atoms with E-state index in [0.717, 1.165) is 43.5 Å². The minimum absolute atomic E-state index is 0.0234. The fourth-order valence-electron chi connectivity index (χ4n) is 2.86. The van der Waals surface area contributed by atoms with E-state index in [0.29, 0.717) is 19.6 Å². The van der Waals surface area contributed by atoms with Crippen molar-refractivity contribution in [3.05, 3.63) is 35.4 Å². The van der Waals surface area contributed by atoms with Gasteiger partial charge >= 0.3 is 6.18 Å². The second kappa shape index (κ2) is 7.81. The Balaban J connectivity index is 1.91. The number of hydrogen-bond acceptors (Lipinski definition) is 2. The van der Waals surface area contributed by atoms with Crippen molar-refractivity contribution < 1.29 is 18.0 Å². The highest BCUT2D eigenvalue weighted by atomic mass is 19.4. The van der Waals surface area contributed by atoms with E-state index in [9.17, 15) is 18.0 Å². The number of nitrogens with zero attached hydrogens (tertiary/aromatic N) is 1. The number of benzene rings is 1. The second-order valence-corrected chi connectivity index (χ2v) is 6.06. The molecule has 6 heteroatoms. The maximum absolute atomic E-state index is 12.6. The first kappa shape index (κ1) is 17.8. The zero-order chi connectivity index (χ0) is 16.9. The Kier molecular flexibility index (Phi) is 6.04. The van der Waals surface area contributed by atoms with E-state index in [-0.39, 0.29) is 11.8 Å². The van der Waals surface area contributed by atoms with Gasteiger partial charge in [0.2, 0.25) is 5.91 Å². The van der Waals surface area contributed by atoms with Crippen molar-refractivity contribution in [3.63, 3.8) is 0 Å². The summed E-state index contributed by atoms with van der Waals surface area (Å²) < 4.78 is 37.7. The molecule has 0 aliphatic carbocycles. The zero-order valence-corrected chi connectivity index (χ0v) is 13.3. The summed E-state index contributed by atoms with van der Waals surface area (Å²) in [5.74, 6) is 0.0636. The number of carbonyl (C=O) groups is 1. The number of nitrogens with one attached hydrogen (secondary N) is 1. The highest BCUT2D eigenvalue weighted by Crippen LogP contribution is 2.29. The first-order valence-corrected chi connectivity index (χ1v) is 8.06. The molecule has 1 N–H and O–H groups in total. The number of carbonyl (C=O) groups excluding carboxylic acids is 1. The normalized spacial score (nSPS) is 19.6. The number of likely N-dealkylation sites (tertiary alicyclic amines) is 1. The summed E-state index contributed by atoms with van der Waals surface area (Å²) in [5.41, 5.74) is 0.212. The van der Waals surface area contributed by atoms with Crippen LogP contribution in [0.4, 0.5) is 13.2 Å². The molecule has 1 fully saturated rings. The predicted molar refractivity (Wildman–Crippen MR) is 82.7 cm³/mol. The maximum atomic E-state index is 12.6. The van der Waals surface area contributed by atoms with Crippen molar-refractivity contribution in [2.45, 2.75) is 38.9 Å². The Morgan fingerprint density at radius 3 is 2.61 bits per heavy atom. The Morgan fingerprint density at radius 2 is 2.00 bits per heavy atom. The molecule has 0 radical (unpaired) electrons. The van der Waals surface area contributed by atoms with Crippen molar-refractivity contribution in [3.8, 4) is 0 Å². The lowest BCUT2D eigenvalue weighted by atomic mass is 9.96. The smallest absolute Gasteiger partial charge is 0.356 e. The molecule has 0 bridgehead atoms. The highest BCUT2D eigenvalue weighted by Gasteiger charge is 2.30. The van der Waals surface area contributed by atoms with Gasteiger partial charge in [-0.2, -0.15) is 13.2 Å². The molecule has 0 unspecified atom stereocenters. The average molecular weight is 328 g/mol. The Bertz CT molecular complexity index is 514. The van der Waals surface area contributed by atoms with E-state index in [4.69, 9.17) is 0 Å². The van der Waals surface area contributed by atoms with E-state index in [1.807, 2.05) is 6.92 Å². The largest absolute Gasteiger partial charge is 0.416 e. The fraction of sp³-hybridized carbons (Fsp3) is 0.588. The van der Waals surface area contributed by atoms with Gasteiger partial charge in [0.25, 0.3) is 0 Å². The van der Waals surface area contributed by atoms with Gasteiger partial charge in [-0.05, 0) is 43.5 Å². The summed E-state index contributed by atoms with van der Waals surface area (Å²) in [7, 11) is 0. The molecule has 2 rings (SSSR count). The standard InChI is InChI=1S/C17H23F3N2O/c1-2-9-21-16(23)14-4-3-10-22(12-14)11-13-5-7-15(8-6-13)17(18,19)20/h5-8,14H,2-4,9-12H2,1H3,(H,21,23)/t14-/m0/s1. The molecule has 1 aliphatic rings. The molecular weight excluding hydrogens is 305 g/mol. The van der Waals surface area contributed by atoms with E-state index in [1.165, 1.54) is 12.1 Å². The topological polar surface area (TPSA) is 32.3 Å². The van der Waals surface area contributed by atoms with Gasteiger partial charge in [-0.25, -0.2) is 0 Å². The molecule has 1 amide bonds. The maximum Gasteiger partial charge on any atom is 0.416 e. The van der Waals surface area contributed by atoms with Gasteiger partial charge in [-0.1, -0.05) is 19.1 Å². The molecule has 3 nitrogen and oxygen atoms in total. The van der Waals surface area contributed by atoms with Crippen LogP contribution in [0.2, 0.25) is 0 Å². The van der Waals surface area contributed by atoms with Gasteiger partial charge in [0.15, 0.2) is 0 Å². The van der Waals surface area contributed by atoms with Crippen molar-refractivity contribution in [1.82, 2.24) is 10.2 Å². The van der Waals surface area contributed by atoms with E-state index in [2.05, 4.69) is 10.2 Å². The summed E-state index contributed by atoms with van der Waals surface area (Å²) >= 11 is 0. The van der Waals surface area contributed by atoms with Gasteiger partial charge in [-0.15, -0.1) is 0 Å². The van der Waals surface area contributed by atoms with Crippen LogP contribution in [0.1, 0.15) is 37.3 Å². The first-order valence-electron chi connectivity index (χ1n) is 8.06. The summed E-state index contributed by atoms with van der Waals surface area (Å²) in [5, 5.41) is 2.92. The molecule has 1 aromatic carbocycles. The second-order valence-electron chi connectivity index (χ2n) is 6.06. The molecule has 1 aromatic rings. The van der Waals surface area contributed by atoms with Gasteiger partial charge in [0, 0.05) is 19.6 Å². The van der Waals surface area contributed by atoms with Crippen LogP contribution < -0.4 is 5.32 Å². The van der Waals surface area contributed by atoms with Crippen LogP contribution in [-0.4, -0.2) is 30.4 Å². The van der Waals surface area contributed by atoms with Crippen molar-refractivity contribution in [2.75, 3.05) is 19.6 Å². The van der Waals surface area contributed by atoms with E-state index >= 15 is 0 Å². The van der Waals surface area contributed by atoms with Gasteiger partial charge in [0.05, 0.1) is 11.5 Å². The van der Waals surface area contributed by atoms with Crippen LogP contribution in [0.25, 0.3) is 0 Å². The number of hydrogen-bond donors (Lipinski definition) is 1. The van der Waals surface area contributed by atoms with Crippen LogP contribution in [-0.2, 0) is 17.5 Å². The van der Waals surface area contributed by atoms with Crippen LogP contribution >= 0.6 is 0 Å². The van der Waals surface area contributed by atoms with Crippen LogP contribution in [0, 0.1) is 5.92 Å². The third-order valence-corrected chi connectivity index (χ3v) is 4.11. The molecular formula is C17H23F3N2O. The van der Waals surface area contributed by atoms with Gasteiger partial charge in [-0.3, -0.25) is 9.69 Å². The first-order chi connectivity index (χ1) is 10.9. The summed E-state index contributed by atoms with van der Waals surface area (Å²) in [4.78, 5) is 14.2. The van der Waals surface area contributed by atoms with Crippen molar-refractivity contribution in [2.24, 2.45) is 5.92 Å². The summed E-state index contributed by atoms with van der Waals surface area (Å²) in [6.45, 7) is 4.82. The van der Waals surface area contributed by atoms with Crippen LogP contribution in [0.5, 0.6) is 0 Å². The lowest BCUT2D eigenvalue weighted by Crippen LogP contribution is -2.42. The Morgan fingerprint density at radius 1 is 1.30 bits per heavy atom. The lowest BCUT2D eigenvalue weighted by Gasteiger charge is -2.32. The molecule has 1 atom stereocenters. The Labute approximate surface area is 134 Å². The number of alkyl halides is 3. The van der Waals surface area contributed by atoms with Crippen LogP contribution in [0.15, 0.2) is 24.3 Å². The van der Waals surface area contributed by atoms with Gasteiger partial charge in [0.1, 0.15) is 0 Å².